The lowest BCUT2D eigenvalue weighted by molar-refractivity contribution is -0.384. The number of nitrogens with one attached hydrogen (secondary N) is 4. The predicted molar refractivity (Wildman–Crippen MR) is 519 cm³/mol. The van der Waals surface area contributed by atoms with E-state index in [9.17, 15) is 53.9 Å². The maximum atomic E-state index is 11.9. The Labute approximate surface area is 742 Å². The van der Waals surface area contributed by atoms with E-state index in [0.717, 1.165) is 155 Å². The van der Waals surface area contributed by atoms with Crippen LogP contribution < -0.4 is 21.7 Å². The first-order valence-corrected chi connectivity index (χ1v) is 50.0. The highest BCUT2D eigenvalue weighted by molar-refractivity contribution is 7.91. The fourth-order valence-electron chi connectivity index (χ4n) is 16.7. The molecule has 16 rings (SSSR count). The number of hydrogen-bond acceptors (Lipinski definition) is 20. The molecule has 30 heteroatoms. The fourth-order valence-corrected chi connectivity index (χ4v) is 19.2. The average Bonchev–Trinajstić information content (AvgIpc) is 1.62. The topological polar surface area (TPSA) is 340 Å². The molecule has 0 saturated heterocycles. The number of sulfone groups is 4. The first-order valence-electron chi connectivity index (χ1n) is 42.5. The van der Waals surface area contributed by atoms with E-state index >= 15 is 0 Å². The molecule has 16 aromatic rings. The summed E-state index contributed by atoms with van der Waals surface area (Å²) in [6.07, 6.45) is 27.2. The molecule has 0 unspecified atom stereocenters. The number of aryl methyl sites for hydroxylation is 4. The van der Waals surface area contributed by atoms with Crippen LogP contribution in [-0.2, 0) is 65.5 Å². The zero-order chi connectivity index (χ0) is 89.7. The van der Waals surface area contributed by atoms with E-state index in [1.807, 2.05) is 36.4 Å². The first kappa shape index (κ1) is 89.2. The lowest BCUT2D eigenvalue weighted by atomic mass is 10.1. The lowest BCUT2D eigenvalue weighted by Gasteiger charge is -2.09. The van der Waals surface area contributed by atoms with Crippen LogP contribution in [0.15, 0.2) is 295 Å². The van der Waals surface area contributed by atoms with Gasteiger partial charge < -0.3 is 18.3 Å². The molecule has 0 spiro atoms. The Hall–Kier alpha value is -13.7. The Morgan fingerprint density at radius 3 is 0.742 bits per heavy atom. The van der Waals surface area contributed by atoms with Crippen LogP contribution in [0.3, 0.4) is 0 Å². The van der Waals surface area contributed by atoms with Crippen LogP contribution in [0.5, 0.6) is 0 Å². The molecule has 4 N–H and O–H groups in total. The summed E-state index contributed by atoms with van der Waals surface area (Å²) >= 11 is 0. The summed E-state index contributed by atoms with van der Waals surface area (Å²) in [4.78, 5) is 22.3. The number of benzene rings is 12. The molecule has 656 valence electrons. The average molecular weight is 1790 g/mol. The summed E-state index contributed by atoms with van der Waals surface area (Å²) in [6, 6.07) is 79.5. The van der Waals surface area contributed by atoms with Gasteiger partial charge >= 0.3 is 0 Å². The molecular formula is C98H98N14O12S4. The molecule has 0 fully saturated rings. The molecule has 0 saturated carbocycles. The van der Waals surface area contributed by atoms with Gasteiger partial charge in [-0.25, -0.2) is 33.7 Å². The normalized spacial score (nSPS) is 12.4. The van der Waals surface area contributed by atoms with Crippen LogP contribution in [0.25, 0.3) is 87.2 Å². The number of rotatable bonds is 38. The second-order valence-electron chi connectivity index (χ2n) is 32.2. The van der Waals surface area contributed by atoms with Gasteiger partial charge in [0.25, 0.3) is 11.4 Å². The number of hydrogen-bond donors (Lipinski definition) is 4. The van der Waals surface area contributed by atoms with E-state index in [2.05, 4.69) is 194 Å². The number of anilines is 4. The molecule has 0 amide bonds. The standard InChI is InChI=1S/C50H50N8O8S2.C48H48N6O4S2/c1-67(63,64)37-21-23-43(49(31-37)57(59)60)53-51-33-35-19-25-47-41(29-35)39-15-9-11-17-45(39)55(47)27-13-7-5-3-4-6-8-14-28-56-46-18-12-10-16-40(46)42-30-36(20-26-48(42)56)34-52-54-44-24-22-38(68(2,65)66)32-50(44)58(61)62;1-59(55,56)39-23-19-37(20-24-39)51-49-33-35-17-27-47-43(31-35)41-13-7-9-15-45(41)53(47)29-11-5-3-4-6-12-30-54-46-16-10-8-14-42(46)44-32-36(18-28-48(44)54)34-50-52-38-21-25-40(26-22-38)60(2,57)58/h9-12,15-26,29-34,53-54H,3-8,13-14,27-28H2,1-2H3;7-10,13-28,31-34,51-52H,3-6,11-12,29-30H2,1-2H3/b51-33+,52-34+;49-33+,50-34+. The van der Waals surface area contributed by atoms with Crippen molar-refractivity contribution in [3.8, 4) is 0 Å². The van der Waals surface area contributed by atoms with Gasteiger partial charge in [0.05, 0.1) is 65.7 Å². The minimum absolute atomic E-state index is 0.0878. The highest BCUT2D eigenvalue weighted by Crippen LogP contribution is 2.37. The summed E-state index contributed by atoms with van der Waals surface area (Å²) in [6.45, 7) is 3.71. The molecule has 0 atom stereocenters. The summed E-state index contributed by atoms with van der Waals surface area (Å²) in [5.41, 5.74) is 25.3. The van der Waals surface area contributed by atoms with Gasteiger partial charge in [-0.3, -0.25) is 41.9 Å². The summed E-state index contributed by atoms with van der Waals surface area (Å²) in [7, 11) is -13.7. The third-order valence-electron chi connectivity index (χ3n) is 23.1. The quantitative estimate of drug-likeness (QED) is 0.0121. The van der Waals surface area contributed by atoms with Crippen LogP contribution >= 0.6 is 0 Å². The third kappa shape index (κ3) is 21.2. The minimum atomic E-state index is -3.61. The largest absolute Gasteiger partial charge is 0.340 e. The number of nitrogens with zero attached hydrogens (tertiary/aromatic N) is 10. The van der Waals surface area contributed by atoms with Crippen LogP contribution in [-0.4, -0.2) is 112 Å². The van der Waals surface area contributed by atoms with Crippen LogP contribution in [0, 0.1) is 20.2 Å². The van der Waals surface area contributed by atoms with Gasteiger partial charge in [-0.15, -0.1) is 0 Å². The molecule has 0 aliphatic heterocycles. The Kier molecular flexibility index (Phi) is 27.5. The highest BCUT2D eigenvalue weighted by Gasteiger charge is 2.23. The Balaban J connectivity index is 0.000000198. The molecule has 12 aromatic carbocycles. The summed E-state index contributed by atoms with van der Waals surface area (Å²) < 4.78 is 104. The molecule has 128 heavy (non-hydrogen) atoms. The maximum Gasteiger partial charge on any atom is 0.295 e. The van der Waals surface area contributed by atoms with Crippen molar-refractivity contribution < 1.29 is 43.5 Å². The Morgan fingerprint density at radius 1 is 0.266 bits per heavy atom. The second kappa shape index (κ2) is 39.5. The van der Waals surface area contributed by atoms with E-state index < -0.39 is 49.2 Å². The van der Waals surface area contributed by atoms with E-state index in [0.29, 0.717) is 11.4 Å². The zero-order valence-corrected chi connectivity index (χ0v) is 74.6. The molecule has 0 radical (unpaired) electrons. The molecule has 0 aliphatic carbocycles. The molecule has 4 aromatic heterocycles. The molecule has 4 heterocycles. The molecule has 26 nitrogen and oxygen atoms in total. The van der Waals surface area contributed by atoms with Crippen molar-refractivity contribution in [2.24, 2.45) is 20.4 Å². The van der Waals surface area contributed by atoms with Crippen molar-refractivity contribution in [2.45, 2.75) is 136 Å². The van der Waals surface area contributed by atoms with Crippen molar-refractivity contribution in [3.63, 3.8) is 0 Å². The van der Waals surface area contributed by atoms with E-state index in [1.165, 1.54) is 132 Å². The smallest absolute Gasteiger partial charge is 0.295 e. The van der Waals surface area contributed by atoms with Gasteiger partial charge in [0.1, 0.15) is 11.4 Å². The third-order valence-corrected chi connectivity index (χ3v) is 27.6. The Bertz CT molecular complexity index is 7050. The van der Waals surface area contributed by atoms with Gasteiger partial charge in [-0.2, -0.15) is 20.4 Å². The predicted octanol–water partition coefficient (Wildman–Crippen LogP) is 21.9. The fraction of sp³-hybridized carbons (Fsp3) is 0.224. The SMILES string of the molecule is CS(=O)(=O)c1ccc(N/N=C/c2ccc3c(c2)c2ccccc2n3CCCCCCCCCCn2c3ccccc3c3cc(/C=N/Nc4ccc(S(C)(=O)=O)cc4[N+](=O)[O-])ccc32)c([N+](=O)[O-])c1.CS(=O)(=O)c1ccc(N/N=C/c2ccc3c(c2)c2ccccc2n3CCCCCCCCn2c3ccccc3c3cc(/C=N/Nc4ccc(S(C)(=O)=O)cc4)ccc32)cc1. The van der Waals surface area contributed by atoms with Crippen molar-refractivity contribution in [1.29, 1.82) is 0 Å². The van der Waals surface area contributed by atoms with E-state index in [4.69, 9.17) is 0 Å². The number of aromatic nitrogens is 4. The molecular weight excluding hydrogens is 1690 g/mol. The van der Waals surface area contributed by atoms with Crippen molar-refractivity contribution in [2.75, 3.05) is 46.7 Å². The minimum Gasteiger partial charge on any atom is -0.340 e. The summed E-state index contributed by atoms with van der Waals surface area (Å²) in [5.74, 6) is 0. The number of nitro benzene ring substituents is 2. The Morgan fingerprint density at radius 2 is 0.492 bits per heavy atom. The van der Waals surface area contributed by atoms with Gasteiger partial charge in [-0.1, -0.05) is 161 Å². The van der Waals surface area contributed by atoms with Crippen molar-refractivity contribution in [3.05, 3.63) is 297 Å². The van der Waals surface area contributed by atoms with E-state index in [1.54, 1.807) is 73.4 Å². The number of nitro groups is 2. The number of para-hydroxylation sites is 4. The van der Waals surface area contributed by atoms with Crippen LogP contribution in [0.4, 0.5) is 34.1 Å². The monoisotopic (exact) mass is 1790 g/mol. The van der Waals surface area contributed by atoms with E-state index in [-0.39, 0.29) is 42.3 Å². The second-order valence-corrected chi connectivity index (χ2v) is 40.3. The van der Waals surface area contributed by atoms with Gasteiger partial charge in [0.2, 0.25) is 0 Å². The highest BCUT2D eigenvalue weighted by atomic mass is 32.2. The first-order chi connectivity index (χ1) is 61.7. The number of fused-ring (bicyclic) bond motifs is 12. The zero-order valence-electron chi connectivity index (χ0n) is 71.3. The molecule has 0 bridgehead atoms. The van der Waals surface area contributed by atoms with Gasteiger partial charge in [0.15, 0.2) is 39.3 Å². The number of hydrazone groups is 4. The van der Waals surface area contributed by atoms with Gasteiger partial charge in [-0.05, 0) is 194 Å². The van der Waals surface area contributed by atoms with Crippen LogP contribution in [0.1, 0.15) is 112 Å². The molecule has 0 aliphatic rings. The summed E-state index contributed by atoms with van der Waals surface area (Å²) in [5, 5.41) is 49.9. The number of unbranched alkanes of at least 4 members (excludes halogenated alkanes) is 12. The van der Waals surface area contributed by atoms with Crippen molar-refractivity contribution in [1.82, 2.24) is 18.3 Å². The maximum absolute atomic E-state index is 11.9. The lowest BCUT2D eigenvalue weighted by Crippen LogP contribution is -2.02. The van der Waals surface area contributed by atoms with Crippen molar-refractivity contribution >= 4 is 186 Å². The van der Waals surface area contributed by atoms with Gasteiger partial charge in [0, 0.05) is 151 Å². The van der Waals surface area contributed by atoms with Crippen LogP contribution in [0.2, 0.25) is 0 Å².